The normalized spacial score (nSPS) is 19.8. The summed E-state index contributed by atoms with van der Waals surface area (Å²) in [7, 11) is 1.30. The number of hydrogen-bond acceptors (Lipinski definition) is 4. The number of nitrogens with zero attached hydrogens (tertiary/aromatic N) is 3. The molecular formula is C19H22FN3O3. The van der Waals surface area contributed by atoms with Crippen molar-refractivity contribution in [2.45, 2.75) is 25.8 Å². The molecule has 0 bridgehead atoms. The van der Waals surface area contributed by atoms with Crippen molar-refractivity contribution in [2.24, 2.45) is 5.92 Å². The van der Waals surface area contributed by atoms with E-state index in [4.69, 9.17) is 4.74 Å². The Labute approximate surface area is 151 Å². The van der Waals surface area contributed by atoms with Gasteiger partial charge < -0.3 is 9.64 Å². The molecule has 0 aliphatic carbocycles. The van der Waals surface area contributed by atoms with Crippen molar-refractivity contribution >= 4 is 11.9 Å². The Hall–Kier alpha value is -2.70. The SMILES string of the molecule is COC(=O)[C@H]1CN(C(=O)c2cnn(C(C)C)c2)C[C@@H]1c1ccccc1F. The Morgan fingerprint density at radius 2 is 2.00 bits per heavy atom. The van der Waals surface area contributed by atoms with Gasteiger partial charge in [0.05, 0.1) is 24.8 Å². The molecule has 1 saturated heterocycles. The summed E-state index contributed by atoms with van der Waals surface area (Å²) in [6.45, 7) is 4.39. The molecule has 138 valence electrons. The minimum atomic E-state index is -0.596. The van der Waals surface area contributed by atoms with E-state index in [9.17, 15) is 14.0 Å². The van der Waals surface area contributed by atoms with E-state index >= 15 is 0 Å². The molecule has 1 amide bonds. The summed E-state index contributed by atoms with van der Waals surface area (Å²) in [5.74, 6) is -2.07. The first kappa shape index (κ1) is 18.1. The molecule has 1 aromatic carbocycles. The van der Waals surface area contributed by atoms with Gasteiger partial charge in [0.1, 0.15) is 5.82 Å². The highest BCUT2D eigenvalue weighted by molar-refractivity contribution is 5.94. The third kappa shape index (κ3) is 3.34. The van der Waals surface area contributed by atoms with Crippen LogP contribution in [0.4, 0.5) is 4.39 Å². The van der Waals surface area contributed by atoms with Gasteiger partial charge in [-0.25, -0.2) is 4.39 Å². The van der Waals surface area contributed by atoms with E-state index in [1.165, 1.54) is 19.4 Å². The highest BCUT2D eigenvalue weighted by Gasteiger charge is 2.42. The number of hydrogen-bond donors (Lipinski definition) is 0. The monoisotopic (exact) mass is 359 g/mol. The summed E-state index contributed by atoms with van der Waals surface area (Å²) in [5, 5.41) is 4.19. The first-order valence-corrected chi connectivity index (χ1v) is 8.58. The second-order valence-corrected chi connectivity index (χ2v) is 6.77. The number of methoxy groups -OCH3 is 1. The molecule has 2 aromatic rings. The van der Waals surface area contributed by atoms with E-state index in [0.717, 1.165) is 0 Å². The van der Waals surface area contributed by atoms with Crippen molar-refractivity contribution in [3.8, 4) is 0 Å². The summed E-state index contributed by atoms with van der Waals surface area (Å²) < 4.78 is 20.8. The maximum Gasteiger partial charge on any atom is 0.311 e. The quantitative estimate of drug-likeness (QED) is 0.787. The van der Waals surface area contributed by atoms with Gasteiger partial charge in [-0.15, -0.1) is 0 Å². The fraction of sp³-hybridized carbons (Fsp3) is 0.421. The zero-order valence-corrected chi connectivity index (χ0v) is 15.1. The average Bonchev–Trinajstić information content (AvgIpc) is 3.28. The molecule has 6 nitrogen and oxygen atoms in total. The Kier molecular flexibility index (Phi) is 5.06. The lowest BCUT2D eigenvalue weighted by atomic mass is 9.88. The lowest BCUT2D eigenvalue weighted by Crippen LogP contribution is -2.30. The van der Waals surface area contributed by atoms with Crippen molar-refractivity contribution in [1.82, 2.24) is 14.7 Å². The number of amides is 1. The highest BCUT2D eigenvalue weighted by Crippen LogP contribution is 2.35. The smallest absolute Gasteiger partial charge is 0.311 e. The van der Waals surface area contributed by atoms with Crippen molar-refractivity contribution in [3.05, 3.63) is 53.6 Å². The number of aromatic nitrogens is 2. The van der Waals surface area contributed by atoms with Gasteiger partial charge in [0, 0.05) is 31.2 Å². The molecule has 26 heavy (non-hydrogen) atoms. The fourth-order valence-electron chi connectivity index (χ4n) is 3.36. The van der Waals surface area contributed by atoms with Gasteiger partial charge in [0.2, 0.25) is 0 Å². The Morgan fingerprint density at radius 1 is 1.27 bits per heavy atom. The lowest BCUT2D eigenvalue weighted by Gasteiger charge is -2.17. The number of halogens is 1. The van der Waals surface area contributed by atoms with Crippen molar-refractivity contribution in [3.63, 3.8) is 0 Å². The van der Waals surface area contributed by atoms with E-state index in [2.05, 4.69) is 5.10 Å². The van der Waals surface area contributed by atoms with Gasteiger partial charge in [-0.2, -0.15) is 5.10 Å². The van der Waals surface area contributed by atoms with Crippen LogP contribution < -0.4 is 0 Å². The Balaban J connectivity index is 1.87. The molecular weight excluding hydrogens is 337 g/mol. The van der Waals surface area contributed by atoms with Crippen LogP contribution in [0.5, 0.6) is 0 Å². The molecule has 1 fully saturated rings. The van der Waals surface area contributed by atoms with Crippen LogP contribution in [-0.4, -0.2) is 46.8 Å². The largest absolute Gasteiger partial charge is 0.469 e. The molecule has 1 aliphatic heterocycles. The molecule has 0 spiro atoms. The van der Waals surface area contributed by atoms with Gasteiger partial charge >= 0.3 is 5.97 Å². The topological polar surface area (TPSA) is 64.4 Å². The molecule has 2 atom stereocenters. The molecule has 2 heterocycles. The minimum absolute atomic E-state index is 0.143. The summed E-state index contributed by atoms with van der Waals surface area (Å²) >= 11 is 0. The third-order valence-corrected chi connectivity index (χ3v) is 4.79. The number of rotatable bonds is 4. The van der Waals surface area contributed by atoms with E-state index in [0.29, 0.717) is 11.1 Å². The minimum Gasteiger partial charge on any atom is -0.469 e. The zero-order chi connectivity index (χ0) is 18.8. The van der Waals surface area contributed by atoms with E-state index in [1.807, 2.05) is 13.8 Å². The maximum atomic E-state index is 14.3. The van der Waals surface area contributed by atoms with E-state index in [-0.39, 0.29) is 30.9 Å². The van der Waals surface area contributed by atoms with E-state index in [1.54, 1.807) is 34.0 Å². The summed E-state index contributed by atoms with van der Waals surface area (Å²) in [5.41, 5.74) is 0.882. The average molecular weight is 359 g/mol. The number of benzene rings is 1. The highest BCUT2D eigenvalue weighted by atomic mass is 19.1. The number of esters is 1. The molecule has 0 unspecified atom stereocenters. The Bertz CT molecular complexity index is 818. The Morgan fingerprint density at radius 3 is 2.62 bits per heavy atom. The molecule has 3 rings (SSSR count). The second-order valence-electron chi connectivity index (χ2n) is 6.77. The predicted molar refractivity (Wildman–Crippen MR) is 93.2 cm³/mol. The van der Waals surface area contributed by atoms with Gasteiger partial charge in [-0.3, -0.25) is 14.3 Å². The summed E-state index contributed by atoms with van der Waals surface area (Å²) in [4.78, 5) is 26.6. The second kappa shape index (κ2) is 7.27. The molecule has 0 radical (unpaired) electrons. The number of likely N-dealkylation sites (tertiary alicyclic amines) is 1. The standard InChI is InChI=1S/C19H22FN3O3/c1-12(2)23-9-13(8-21-23)18(24)22-10-15(16(11-22)19(25)26-3)14-6-4-5-7-17(14)20/h4-9,12,15-16H,10-11H2,1-3H3/t15-,16+/m1/s1. The van der Waals surface area contributed by atoms with Crippen LogP contribution in [0.1, 0.15) is 41.7 Å². The van der Waals surface area contributed by atoms with Crippen molar-refractivity contribution in [1.29, 1.82) is 0 Å². The summed E-state index contributed by atoms with van der Waals surface area (Å²) in [6, 6.07) is 6.49. The van der Waals surface area contributed by atoms with Crippen molar-refractivity contribution in [2.75, 3.05) is 20.2 Å². The van der Waals surface area contributed by atoms with Crippen LogP contribution in [0.2, 0.25) is 0 Å². The van der Waals surface area contributed by atoms with Crippen LogP contribution in [0.15, 0.2) is 36.7 Å². The van der Waals surface area contributed by atoms with Gasteiger partial charge in [-0.1, -0.05) is 18.2 Å². The van der Waals surface area contributed by atoms with Crippen molar-refractivity contribution < 1.29 is 18.7 Å². The zero-order valence-electron chi connectivity index (χ0n) is 15.1. The van der Waals surface area contributed by atoms with Crippen LogP contribution >= 0.6 is 0 Å². The predicted octanol–water partition coefficient (Wildman–Crippen LogP) is 2.63. The third-order valence-electron chi connectivity index (χ3n) is 4.79. The molecule has 1 aliphatic rings. The van der Waals surface area contributed by atoms with Crippen LogP contribution in [0.25, 0.3) is 0 Å². The first-order chi connectivity index (χ1) is 12.4. The van der Waals surface area contributed by atoms with Gasteiger partial charge in [-0.05, 0) is 25.5 Å². The van der Waals surface area contributed by atoms with Gasteiger partial charge in [0.15, 0.2) is 0 Å². The van der Waals surface area contributed by atoms with Crippen LogP contribution in [0, 0.1) is 11.7 Å². The summed E-state index contributed by atoms with van der Waals surface area (Å²) in [6.07, 6.45) is 3.21. The molecule has 0 N–H and O–H groups in total. The van der Waals surface area contributed by atoms with Crippen LogP contribution in [0.3, 0.4) is 0 Å². The van der Waals surface area contributed by atoms with Gasteiger partial charge in [0.25, 0.3) is 5.91 Å². The number of carbonyl (C=O) groups excluding carboxylic acids is 2. The molecule has 7 heteroatoms. The molecule has 0 saturated carbocycles. The fourth-order valence-corrected chi connectivity index (χ4v) is 3.36. The first-order valence-electron chi connectivity index (χ1n) is 8.58. The molecule has 1 aromatic heterocycles. The van der Waals surface area contributed by atoms with E-state index < -0.39 is 17.8 Å². The lowest BCUT2D eigenvalue weighted by molar-refractivity contribution is -0.145. The maximum absolute atomic E-state index is 14.3. The number of carbonyl (C=O) groups is 2. The number of ether oxygens (including phenoxy) is 1. The van der Waals surface area contributed by atoms with Crippen LogP contribution in [-0.2, 0) is 9.53 Å².